The second kappa shape index (κ2) is 5.48. The standard InChI is InChI=1S/C12H9FN2O6S/c13-6-1-2-9(8(3-6)11(16)17)15-22(20,21)7-4-10(12(18)19)14-5-7/h1-5,14-15H,(H,16,17)(H,18,19). The molecule has 1 aromatic carbocycles. The Labute approximate surface area is 123 Å². The first-order valence-electron chi connectivity index (χ1n) is 5.68. The Balaban J connectivity index is 2.40. The Morgan fingerprint density at radius 3 is 2.36 bits per heavy atom. The van der Waals surface area contributed by atoms with E-state index in [2.05, 4.69) is 4.98 Å². The molecule has 0 bridgehead atoms. The number of carboxylic acids is 2. The third kappa shape index (κ3) is 3.06. The van der Waals surface area contributed by atoms with Crippen molar-refractivity contribution < 1.29 is 32.6 Å². The zero-order chi connectivity index (χ0) is 16.5. The van der Waals surface area contributed by atoms with Gasteiger partial charge in [-0.3, -0.25) is 4.72 Å². The molecular formula is C12H9FN2O6S. The molecule has 0 amide bonds. The summed E-state index contributed by atoms with van der Waals surface area (Å²) in [7, 11) is -4.23. The molecular weight excluding hydrogens is 319 g/mol. The second-order valence-electron chi connectivity index (χ2n) is 4.15. The summed E-state index contributed by atoms with van der Waals surface area (Å²) >= 11 is 0. The molecule has 0 aliphatic rings. The first-order valence-corrected chi connectivity index (χ1v) is 7.16. The molecule has 116 valence electrons. The van der Waals surface area contributed by atoms with Gasteiger partial charge in [0.2, 0.25) is 0 Å². The van der Waals surface area contributed by atoms with Gasteiger partial charge in [-0.1, -0.05) is 0 Å². The van der Waals surface area contributed by atoms with Crippen LogP contribution in [0.5, 0.6) is 0 Å². The van der Waals surface area contributed by atoms with Gasteiger partial charge in [0.15, 0.2) is 0 Å². The van der Waals surface area contributed by atoms with Crippen molar-refractivity contribution in [2.75, 3.05) is 4.72 Å². The van der Waals surface area contributed by atoms with Crippen LogP contribution in [-0.2, 0) is 10.0 Å². The summed E-state index contributed by atoms with van der Waals surface area (Å²) in [6.07, 6.45) is 0.940. The minimum atomic E-state index is -4.23. The molecule has 0 aliphatic heterocycles. The number of carboxylic acid groups (broad SMARTS) is 2. The average molecular weight is 328 g/mol. The highest BCUT2D eigenvalue weighted by molar-refractivity contribution is 7.92. The van der Waals surface area contributed by atoms with Gasteiger partial charge in [0.1, 0.15) is 16.4 Å². The van der Waals surface area contributed by atoms with Crippen LogP contribution in [0.15, 0.2) is 35.4 Å². The summed E-state index contributed by atoms with van der Waals surface area (Å²) in [6, 6.07) is 3.39. The normalized spacial score (nSPS) is 11.1. The fourth-order valence-electron chi connectivity index (χ4n) is 1.64. The second-order valence-corrected chi connectivity index (χ2v) is 5.84. The topological polar surface area (TPSA) is 137 Å². The molecule has 8 nitrogen and oxygen atoms in total. The van der Waals surface area contributed by atoms with Crippen LogP contribution in [-0.4, -0.2) is 35.6 Å². The number of halogens is 1. The Hall–Kier alpha value is -2.88. The van der Waals surface area contributed by atoms with Crippen molar-refractivity contribution in [2.45, 2.75) is 4.90 Å². The summed E-state index contributed by atoms with van der Waals surface area (Å²) in [4.78, 5) is 23.6. The number of H-pyrrole nitrogens is 1. The maximum absolute atomic E-state index is 13.0. The van der Waals surface area contributed by atoms with Crippen molar-refractivity contribution >= 4 is 27.6 Å². The molecule has 1 heterocycles. The van der Waals surface area contributed by atoms with Crippen LogP contribution in [0.2, 0.25) is 0 Å². The lowest BCUT2D eigenvalue weighted by Gasteiger charge is -2.09. The summed E-state index contributed by atoms with van der Waals surface area (Å²) in [6.45, 7) is 0. The molecule has 0 fully saturated rings. The summed E-state index contributed by atoms with van der Waals surface area (Å²) in [5.41, 5.74) is -1.26. The third-order valence-electron chi connectivity index (χ3n) is 2.65. The van der Waals surface area contributed by atoms with E-state index >= 15 is 0 Å². The maximum Gasteiger partial charge on any atom is 0.352 e. The highest BCUT2D eigenvalue weighted by Crippen LogP contribution is 2.21. The van der Waals surface area contributed by atoms with Gasteiger partial charge in [0, 0.05) is 6.20 Å². The van der Waals surface area contributed by atoms with Crippen LogP contribution in [0.1, 0.15) is 20.8 Å². The number of carbonyl (C=O) groups is 2. The zero-order valence-corrected chi connectivity index (χ0v) is 11.5. The molecule has 2 rings (SSSR count). The SMILES string of the molecule is O=C(O)c1cc(S(=O)(=O)Nc2ccc(F)cc2C(=O)O)c[nH]1. The number of nitrogens with one attached hydrogen (secondary N) is 2. The fourth-order valence-corrected chi connectivity index (χ4v) is 2.71. The summed E-state index contributed by atoms with van der Waals surface area (Å²) in [5, 5.41) is 17.7. The van der Waals surface area contributed by atoms with Gasteiger partial charge in [-0.05, 0) is 24.3 Å². The first-order chi connectivity index (χ1) is 10.2. The molecule has 0 atom stereocenters. The van der Waals surface area contributed by atoms with Gasteiger partial charge >= 0.3 is 11.9 Å². The molecule has 10 heteroatoms. The van der Waals surface area contributed by atoms with E-state index in [4.69, 9.17) is 10.2 Å². The van der Waals surface area contributed by atoms with Crippen molar-refractivity contribution in [3.63, 3.8) is 0 Å². The van der Waals surface area contributed by atoms with E-state index in [9.17, 15) is 22.4 Å². The van der Waals surface area contributed by atoms with Crippen molar-refractivity contribution in [2.24, 2.45) is 0 Å². The number of aromatic nitrogens is 1. The largest absolute Gasteiger partial charge is 0.478 e. The number of sulfonamides is 1. The van der Waals surface area contributed by atoms with Crippen LogP contribution in [0.3, 0.4) is 0 Å². The van der Waals surface area contributed by atoms with Crippen LogP contribution in [0.25, 0.3) is 0 Å². The van der Waals surface area contributed by atoms with Gasteiger partial charge in [-0.2, -0.15) is 0 Å². The molecule has 0 saturated heterocycles. The number of aromatic amines is 1. The van der Waals surface area contributed by atoms with Crippen LogP contribution in [0, 0.1) is 5.82 Å². The quantitative estimate of drug-likeness (QED) is 0.654. The molecule has 0 saturated carbocycles. The highest BCUT2D eigenvalue weighted by Gasteiger charge is 2.21. The van der Waals surface area contributed by atoms with E-state index < -0.39 is 38.2 Å². The molecule has 0 spiro atoms. The van der Waals surface area contributed by atoms with Crippen LogP contribution < -0.4 is 4.72 Å². The minimum Gasteiger partial charge on any atom is -0.478 e. The average Bonchev–Trinajstić information content (AvgIpc) is 2.91. The van der Waals surface area contributed by atoms with E-state index in [1.54, 1.807) is 0 Å². The summed E-state index contributed by atoms with van der Waals surface area (Å²) < 4.78 is 39.2. The smallest absolute Gasteiger partial charge is 0.352 e. The van der Waals surface area contributed by atoms with E-state index in [1.807, 2.05) is 4.72 Å². The van der Waals surface area contributed by atoms with Gasteiger partial charge in [0.05, 0.1) is 11.3 Å². The molecule has 4 N–H and O–H groups in total. The molecule has 2 aromatic rings. The Bertz CT molecular complexity index is 858. The molecule has 22 heavy (non-hydrogen) atoms. The highest BCUT2D eigenvalue weighted by atomic mass is 32.2. The number of anilines is 1. The predicted molar refractivity (Wildman–Crippen MR) is 71.9 cm³/mol. The Morgan fingerprint density at radius 2 is 1.82 bits per heavy atom. The Morgan fingerprint density at radius 1 is 1.14 bits per heavy atom. The van der Waals surface area contributed by atoms with Gasteiger partial charge < -0.3 is 15.2 Å². The monoisotopic (exact) mass is 328 g/mol. The number of aromatic carboxylic acids is 2. The number of benzene rings is 1. The van der Waals surface area contributed by atoms with Gasteiger partial charge in [-0.25, -0.2) is 22.4 Å². The molecule has 0 aliphatic carbocycles. The number of hydrogen-bond acceptors (Lipinski definition) is 4. The summed E-state index contributed by atoms with van der Waals surface area (Å²) in [5.74, 6) is -3.71. The van der Waals surface area contributed by atoms with Crippen LogP contribution >= 0.6 is 0 Å². The van der Waals surface area contributed by atoms with E-state index in [0.29, 0.717) is 6.07 Å². The molecule has 0 radical (unpaired) electrons. The number of hydrogen-bond donors (Lipinski definition) is 4. The van der Waals surface area contributed by atoms with E-state index in [1.165, 1.54) is 0 Å². The first kappa shape index (κ1) is 15.5. The third-order valence-corrected chi connectivity index (χ3v) is 4.00. The maximum atomic E-state index is 13.0. The minimum absolute atomic E-state index is 0.341. The van der Waals surface area contributed by atoms with Crippen LogP contribution in [0.4, 0.5) is 10.1 Å². The predicted octanol–water partition coefficient (Wildman–Crippen LogP) is 1.35. The molecule has 0 unspecified atom stereocenters. The van der Waals surface area contributed by atoms with Crippen molar-refractivity contribution in [1.82, 2.24) is 4.98 Å². The van der Waals surface area contributed by atoms with E-state index in [0.717, 1.165) is 24.4 Å². The zero-order valence-electron chi connectivity index (χ0n) is 10.7. The lowest BCUT2D eigenvalue weighted by molar-refractivity contribution is 0.0683. The number of rotatable bonds is 5. The fraction of sp³-hybridized carbons (Fsp3) is 0. The lowest BCUT2D eigenvalue weighted by Crippen LogP contribution is -2.15. The Kier molecular flexibility index (Phi) is 3.87. The van der Waals surface area contributed by atoms with Crippen molar-refractivity contribution in [3.05, 3.63) is 47.5 Å². The van der Waals surface area contributed by atoms with E-state index in [-0.39, 0.29) is 11.4 Å². The lowest BCUT2D eigenvalue weighted by atomic mass is 10.2. The van der Waals surface area contributed by atoms with Gasteiger partial charge in [-0.15, -0.1) is 0 Å². The van der Waals surface area contributed by atoms with Crippen molar-refractivity contribution in [1.29, 1.82) is 0 Å². The molecule has 1 aromatic heterocycles. The van der Waals surface area contributed by atoms with Crippen molar-refractivity contribution in [3.8, 4) is 0 Å². The van der Waals surface area contributed by atoms with Gasteiger partial charge in [0.25, 0.3) is 10.0 Å².